The van der Waals surface area contributed by atoms with Gasteiger partial charge in [0.05, 0.1) is 11.9 Å². The number of carbonyl (C=O) groups is 1. The lowest BCUT2D eigenvalue weighted by molar-refractivity contribution is -0.130. The van der Waals surface area contributed by atoms with Gasteiger partial charge in [0, 0.05) is 49.3 Å². The zero-order valence-corrected chi connectivity index (χ0v) is 25.5. The van der Waals surface area contributed by atoms with E-state index in [0.29, 0.717) is 29.7 Å². The molecule has 0 spiro atoms. The van der Waals surface area contributed by atoms with E-state index in [1.54, 1.807) is 0 Å². The van der Waals surface area contributed by atoms with E-state index in [9.17, 15) is 13.6 Å². The number of nitrogens with one attached hydrogen (secondary N) is 3. The Morgan fingerprint density at radius 2 is 1.61 bits per heavy atom. The summed E-state index contributed by atoms with van der Waals surface area (Å²) in [6, 6.07) is 10.9. The quantitative estimate of drug-likeness (QED) is 0.191. The van der Waals surface area contributed by atoms with Gasteiger partial charge in [-0.3, -0.25) is 20.5 Å². The zero-order valence-electron chi connectivity index (χ0n) is 25.5. The fourth-order valence-corrected chi connectivity index (χ4v) is 7.31. The van der Waals surface area contributed by atoms with Crippen molar-refractivity contribution < 1.29 is 13.6 Å². The molecular formula is C33H51F2N5O. The van der Waals surface area contributed by atoms with Crippen LogP contribution in [0.3, 0.4) is 0 Å². The van der Waals surface area contributed by atoms with Crippen LogP contribution in [0.25, 0.3) is 0 Å². The molecule has 4 rings (SSSR count). The van der Waals surface area contributed by atoms with Crippen LogP contribution in [0.4, 0.5) is 8.78 Å². The minimum Gasteiger partial charge on any atom is -0.349 e. The second kappa shape index (κ2) is 13.7. The Morgan fingerprint density at radius 3 is 2.17 bits per heavy atom. The Balaban J connectivity index is 1.38. The monoisotopic (exact) mass is 571 g/mol. The highest BCUT2D eigenvalue weighted by atomic mass is 19.3. The smallest absolute Gasteiger partial charge is 0.248 e. The van der Waals surface area contributed by atoms with E-state index in [2.05, 4.69) is 31.0 Å². The number of amidine groups is 2. The van der Waals surface area contributed by atoms with E-state index < -0.39 is 5.92 Å². The zero-order chi connectivity index (χ0) is 29.7. The number of carbonyl (C=O) groups excluding carboxylic acids is 1. The molecule has 6 nitrogen and oxygen atoms in total. The van der Waals surface area contributed by atoms with Crippen molar-refractivity contribution in [3.05, 3.63) is 35.9 Å². The molecule has 2 heterocycles. The number of fused-ring (bicyclic) bond motifs is 2. The molecule has 2 saturated heterocycles. The van der Waals surface area contributed by atoms with Crippen molar-refractivity contribution in [3.63, 3.8) is 0 Å². The van der Waals surface area contributed by atoms with Gasteiger partial charge in [0.2, 0.25) is 11.8 Å². The molecule has 1 amide bonds. The van der Waals surface area contributed by atoms with Gasteiger partial charge < -0.3 is 10.2 Å². The maximum absolute atomic E-state index is 13.7. The number of benzene rings is 1. The average Bonchev–Trinajstić information content (AvgIpc) is 3.16. The summed E-state index contributed by atoms with van der Waals surface area (Å²) in [6.45, 7) is 9.24. The molecule has 1 aliphatic carbocycles. The molecule has 0 aromatic heterocycles. The van der Waals surface area contributed by atoms with Gasteiger partial charge in [0.15, 0.2) is 0 Å². The van der Waals surface area contributed by atoms with Crippen LogP contribution in [0.5, 0.6) is 0 Å². The van der Waals surface area contributed by atoms with Gasteiger partial charge in [0.25, 0.3) is 0 Å². The summed E-state index contributed by atoms with van der Waals surface area (Å²) in [5.41, 5.74) is 1.05. The van der Waals surface area contributed by atoms with Crippen LogP contribution in [-0.4, -0.2) is 58.0 Å². The first-order valence-electron chi connectivity index (χ1n) is 15.9. The fraction of sp³-hybridized carbons (Fsp3) is 0.727. The Morgan fingerprint density at radius 1 is 1.00 bits per heavy atom. The summed E-state index contributed by atoms with van der Waals surface area (Å²) in [4.78, 5) is 17.8. The lowest BCUT2D eigenvalue weighted by atomic mass is 9.86. The van der Waals surface area contributed by atoms with Crippen molar-refractivity contribution in [2.45, 2.75) is 128 Å². The van der Waals surface area contributed by atoms with Crippen molar-refractivity contribution in [2.24, 2.45) is 17.8 Å². The first-order chi connectivity index (χ1) is 19.4. The van der Waals surface area contributed by atoms with Gasteiger partial charge in [-0.25, -0.2) is 8.78 Å². The van der Waals surface area contributed by atoms with Gasteiger partial charge in [-0.05, 0) is 69.8 Å². The number of halogens is 2. The van der Waals surface area contributed by atoms with Crippen molar-refractivity contribution >= 4 is 17.6 Å². The van der Waals surface area contributed by atoms with Crippen molar-refractivity contribution in [1.29, 1.82) is 10.8 Å². The number of nitrogens with zero attached hydrogens (tertiary/aromatic N) is 2. The van der Waals surface area contributed by atoms with E-state index in [4.69, 9.17) is 10.8 Å². The minimum atomic E-state index is -2.64. The molecule has 1 saturated carbocycles. The molecule has 4 atom stereocenters. The van der Waals surface area contributed by atoms with Gasteiger partial charge in [0.1, 0.15) is 5.84 Å². The first-order valence-corrected chi connectivity index (χ1v) is 15.9. The molecule has 2 aliphatic heterocycles. The summed E-state index contributed by atoms with van der Waals surface area (Å²) >= 11 is 0. The summed E-state index contributed by atoms with van der Waals surface area (Å²) in [6.07, 6.45) is 7.05. The number of rotatable bonds is 11. The standard InChI is InChI=1S/C33H51F2N5O/c1-22(2)10-11-23(3)31(37)40(24(4)36)29-20-27-12-13-28(21-29)39(27)19-16-30(25-8-6-5-7-9-25)38-32(41)26-14-17-33(34,35)18-15-26/h5-9,22-23,26-30,36-37H,10-21H2,1-4H3,(H,38,41). The molecule has 3 aliphatic rings. The van der Waals surface area contributed by atoms with Gasteiger partial charge >= 0.3 is 0 Å². The molecule has 1 aromatic carbocycles. The predicted molar refractivity (Wildman–Crippen MR) is 162 cm³/mol. The van der Waals surface area contributed by atoms with Crippen LogP contribution in [0.15, 0.2) is 30.3 Å². The maximum Gasteiger partial charge on any atom is 0.248 e. The van der Waals surface area contributed by atoms with E-state index in [0.717, 1.165) is 57.1 Å². The highest BCUT2D eigenvalue weighted by Gasteiger charge is 2.44. The normalized spacial score (nSPS) is 26.0. The summed E-state index contributed by atoms with van der Waals surface area (Å²) in [7, 11) is 0. The molecule has 3 N–H and O–H groups in total. The predicted octanol–water partition coefficient (Wildman–Crippen LogP) is 7.40. The molecule has 41 heavy (non-hydrogen) atoms. The molecule has 3 fully saturated rings. The number of hydrogen-bond donors (Lipinski definition) is 3. The second-order valence-electron chi connectivity index (χ2n) is 13.4. The molecule has 4 unspecified atom stereocenters. The molecule has 228 valence electrons. The Bertz CT molecular complexity index is 1020. The maximum atomic E-state index is 13.7. The van der Waals surface area contributed by atoms with Crippen LogP contribution in [0.2, 0.25) is 0 Å². The average molecular weight is 572 g/mol. The van der Waals surface area contributed by atoms with Crippen LogP contribution < -0.4 is 5.32 Å². The third-order valence-corrected chi connectivity index (χ3v) is 9.77. The molecule has 8 heteroatoms. The minimum absolute atomic E-state index is 0.0989. The largest absolute Gasteiger partial charge is 0.349 e. The number of alkyl halides is 2. The third kappa shape index (κ3) is 8.14. The first kappa shape index (κ1) is 31.6. The van der Waals surface area contributed by atoms with Gasteiger partial charge in [-0.15, -0.1) is 0 Å². The van der Waals surface area contributed by atoms with Crippen LogP contribution in [0, 0.1) is 28.6 Å². The third-order valence-electron chi connectivity index (χ3n) is 9.77. The summed E-state index contributed by atoms with van der Waals surface area (Å²) < 4.78 is 27.4. The van der Waals surface area contributed by atoms with Crippen molar-refractivity contribution in [2.75, 3.05) is 6.54 Å². The van der Waals surface area contributed by atoms with Gasteiger partial charge in [-0.1, -0.05) is 57.5 Å². The SMILES string of the molecule is CC(=N)N(C(=N)C(C)CCC(C)C)C1CC2CCC(C1)N2CCC(NC(=O)C1CCC(F)(F)CC1)c1ccccc1. The highest BCUT2D eigenvalue weighted by molar-refractivity contribution is 5.98. The van der Waals surface area contributed by atoms with Crippen LogP contribution in [-0.2, 0) is 4.79 Å². The lowest BCUT2D eigenvalue weighted by Crippen LogP contribution is -2.54. The van der Waals surface area contributed by atoms with Gasteiger partial charge in [-0.2, -0.15) is 0 Å². The van der Waals surface area contributed by atoms with Crippen molar-refractivity contribution in [3.8, 4) is 0 Å². The van der Waals surface area contributed by atoms with Crippen molar-refractivity contribution in [1.82, 2.24) is 15.1 Å². The Labute approximate surface area is 245 Å². The fourth-order valence-electron chi connectivity index (χ4n) is 7.31. The second-order valence-corrected chi connectivity index (χ2v) is 13.4. The van der Waals surface area contributed by atoms with Crippen LogP contribution in [0.1, 0.15) is 110 Å². The highest BCUT2D eigenvalue weighted by Crippen LogP contribution is 2.40. The number of hydrogen-bond acceptors (Lipinski definition) is 4. The molecule has 0 radical (unpaired) electrons. The van der Waals surface area contributed by atoms with E-state index in [1.807, 2.05) is 42.2 Å². The van der Waals surface area contributed by atoms with E-state index in [1.165, 1.54) is 0 Å². The summed E-state index contributed by atoms with van der Waals surface area (Å²) in [5.74, 6) is -1.29. The number of piperidine rings is 1. The Hall–Kier alpha value is -2.35. The molecule has 2 bridgehead atoms. The lowest BCUT2D eigenvalue weighted by Gasteiger charge is -2.45. The van der Waals surface area contributed by atoms with E-state index >= 15 is 0 Å². The Kier molecular flexibility index (Phi) is 10.6. The van der Waals surface area contributed by atoms with Crippen LogP contribution >= 0.6 is 0 Å². The van der Waals surface area contributed by atoms with E-state index in [-0.39, 0.29) is 55.5 Å². The summed E-state index contributed by atoms with van der Waals surface area (Å²) in [5, 5.41) is 20.7. The molecular weight excluding hydrogens is 520 g/mol. The topological polar surface area (TPSA) is 83.3 Å². The number of amides is 1. The molecule has 1 aromatic rings.